The Morgan fingerprint density at radius 2 is 2.62 bits per heavy atom. The monoisotopic (exact) mass is 112 g/mol. The average Bonchev–Trinajstić information content (AvgIpc) is 2.19. The van der Waals surface area contributed by atoms with Gasteiger partial charge in [0.2, 0.25) is 5.95 Å². The van der Waals surface area contributed by atoms with Crippen LogP contribution in [-0.2, 0) is 0 Å². The summed E-state index contributed by atoms with van der Waals surface area (Å²) < 4.78 is 0. The maximum atomic E-state index is 3.55. The molecular weight excluding hydrogens is 106 g/mol. The number of hydrogen-bond donors (Lipinski definition) is 2. The van der Waals surface area contributed by atoms with Gasteiger partial charge in [-0.05, 0) is 17.4 Å². The average molecular weight is 112 g/mol. The van der Waals surface area contributed by atoms with Gasteiger partial charge in [-0.2, -0.15) is 0 Å². The summed E-state index contributed by atoms with van der Waals surface area (Å²) >= 11 is 0. The summed E-state index contributed by atoms with van der Waals surface area (Å²) in [6, 6.07) is 0. The SMILES string of the molecule is C[CH]Nc1nnn[nH]1. The number of aromatic nitrogens is 4. The van der Waals surface area contributed by atoms with Crippen LogP contribution in [0, 0.1) is 6.54 Å². The van der Waals surface area contributed by atoms with E-state index in [9.17, 15) is 0 Å². The van der Waals surface area contributed by atoms with E-state index in [1.54, 1.807) is 6.54 Å². The molecule has 0 atom stereocenters. The van der Waals surface area contributed by atoms with E-state index in [1.807, 2.05) is 6.92 Å². The van der Waals surface area contributed by atoms with E-state index < -0.39 is 0 Å². The van der Waals surface area contributed by atoms with E-state index in [2.05, 4.69) is 25.9 Å². The molecule has 0 aromatic carbocycles. The van der Waals surface area contributed by atoms with Gasteiger partial charge < -0.3 is 5.32 Å². The smallest absolute Gasteiger partial charge is 0.240 e. The predicted octanol–water partition coefficient (Wildman–Crippen LogP) is -0.207. The lowest BCUT2D eigenvalue weighted by atomic mass is 10.7. The van der Waals surface area contributed by atoms with Crippen molar-refractivity contribution in [1.82, 2.24) is 20.6 Å². The Morgan fingerprint density at radius 1 is 1.75 bits per heavy atom. The maximum absolute atomic E-state index is 3.55. The molecule has 0 bridgehead atoms. The Hall–Kier alpha value is -1.13. The minimum atomic E-state index is 0.563. The van der Waals surface area contributed by atoms with Crippen LogP contribution in [0.2, 0.25) is 0 Å². The first-order chi connectivity index (χ1) is 3.93. The van der Waals surface area contributed by atoms with Crippen molar-refractivity contribution in [3.8, 4) is 0 Å². The molecule has 8 heavy (non-hydrogen) atoms. The molecule has 0 aliphatic carbocycles. The van der Waals surface area contributed by atoms with Crippen LogP contribution in [0.3, 0.4) is 0 Å². The van der Waals surface area contributed by atoms with Crippen molar-refractivity contribution < 1.29 is 0 Å². The van der Waals surface area contributed by atoms with Crippen LogP contribution in [0.4, 0.5) is 5.95 Å². The highest BCUT2D eigenvalue weighted by atomic mass is 15.5. The first-order valence-electron chi connectivity index (χ1n) is 2.21. The normalized spacial score (nSPS) is 9.12. The van der Waals surface area contributed by atoms with Gasteiger partial charge in [-0.25, -0.2) is 5.10 Å². The fourth-order valence-electron chi connectivity index (χ4n) is 0.357. The fraction of sp³-hybridized carbons (Fsp3) is 0.333. The second-order valence-electron chi connectivity index (χ2n) is 1.18. The summed E-state index contributed by atoms with van der Waals surface area (Å²) in [4.78, 5) is 0. The van der Waals surface area contributed by atoms with E-state index in [0.717, 1.165) is 0 Å². The molecule has 0 aliphatic heterocycles. The number of aromatic amines is 1. The third-order valence-electron chi connectivity index (χ3n) is 0.626. The van der Waals surface area contributed by atoms with Gasteiger partial charge in [0, 0.05) is 6.54 Å². The summed E-state index contributed by atoms with van der Waals surface area (Å²) in [5, 5.41) is 15.5. The highest BCUT2D eigenvalue weighted by Gasteiger charge is 1.88. The first kappa shape index (κ1) is 5.02. The van der Waals surface area contributed by atoms with Gasteiger partial charge in [-0.3, -0.25) is 0 Å². The minimum absolute atomic E-state index is 0.563. The molecule has 0 fully saturated rings. The maximum Gasteiger partial charge on any atom is 0.240 e. The van der Waals surface area contributed by atoms with Crippen molar-refractivity contribution in [3.63, 3.8) is 0 Å². The molecule has 5 heteroatoms. The highest BCUT2D eigenvalue weighted by molar-refractivity contribution is 5.20. The first-order valence-corrected chi connectivity index (χ1v) is 2.21. The Balaban J connectivity index is 2.50. The number of nitrogens with one attached hydrogen (secondary N) is 2. The molecule has 0 spiro atoms. The Labute approximate surface area is 46.5 Å². The lowest BCUT2D eigenvalue weighted by Gasteiger charge is -1.89. The number of rotatable bonds is 2. The molecular formula is C3H6N5. The lowest BCUT2D eigenvalue weighted by Crippen LogP contribution is -1.91. The van der Waals surface area contributed by atoms with E-state index >= 15 is 0 Å². The summed E-state index contributed by atoms with van der Waals surface area (Å²) in [5.74, 6) is 0.563. The predicted molar refractivity (Wildman–Crippen MR) is 27.8 cm³/mol. The standard InChI is InChI=1S/C3H6N5/c1-2-4-3-5-7-8-6-3/h2H,1H3,(H2,4,5,6,7,8). The molecule has 1 rings (SSSR count). The van der Waals surface area contributed by atoms with E-state index in [4.69, 9.17) is 0 Å². The molecule has 0 unspecified atom stereocenters. The number of tetrazole rings is 1. The second kappa shape index (κ2) is 2.25. The van der Waals surface area contributed by atoms with Gasteiger partial charge in [-0.1, -0.05) is 5.10 Å². The van der Waals surface area contributed by atoms with Crippen LogP contribution in [0.1, 0.15) is 6.92 Å². The molecule has 2 N–H and O–H groups in total. The molecule has 0 saturated carbocycles. The summed E-state index contributed by atoms with van der Waals surface area (Å²) in [5.41, 5.74) is 0. The summed E-state index contributed by atoms with van der Waals surface area (Å²) in [6.07, 6.45) is 0. The van der Waals surface area contributed by atoms with Gasteiger partial charge in [0.25, 0.3) is 0 Å². The van der Waals surface area contributed by atoms with Crippen LogP contribution < -0.4 is 5.32 Å². The van der Waals surface area contributed by atoms with Gasteiger partial charge in [0.15, 0.2) is 0 Å². The van der Waals surface area contributed by atoms with Gasteiger partial charge >= 0.3 is 0 Å². The zero-order chi connectivity index (χ0) is 5.82. The Bertz CT molecular complexity index is 133. The van der Waals surface area contributed by atoms with Crippen molar-refractivity contribution in [2.24, 2.45) is 0 Å². The molecule has 1 heterocycles. The summed E-state index contributed by atoms with van der Waals surface area (Å²) in [6.45, 7) is 3.59. The topological polar surface area (TPSA) is 66.5 Å². The van der Waals surface area contributed by atoms with Crippen molar-refractivity contribution in [3.05, 3.63) is 6.54 Å². The van der Waals surface area contributed by atoms with Gasteiger partial charge in [-0.15, -0.1) is 0 Å². The zero-order valence-corrected chi connectivity index (χ0v) is 4.42. The number of nitrogens with zero attached hydrogens (tertiary/aromatic N) is 3. The van der Waals surface area contributed by atoms with Gasteiger partial charge in [0.1, 0.15) is 0 Å². The van der Waals surface area contributed by atoms with Crippen LogP contribution >= 0.6 is 0 Å². The number of hydrogen-bond acceptors (Lipinski definition) is 4. The molecule has 5 nitrogen and oxygen atoms in total. The number of H-pyrrole nitrogens is 1. The van der Waals surface area contributed by atoms with Crippen molar-refractivity contribution >= 4 is 5.95 Å². The molecule has 0 amide bonds. The van der Waals surface area contributed by atoms with E-state index in [0.29, 0.717) is 5.95 Å². The van der Waals surface area contributed by atoms with Crippen molar-refractivity contribution in [2.45, 2.75) is 6.92 Å². The second-order valence-corrected chi connectivity index (χ2v) is 1.18. The third-order valence-corrected chi connectivity index (χ3v) is 0.626. The van der Waals surface area contributed by atoms with Crippen LogP contribution in [0.5, 0.6) is 0 Å². The molecule has 1 aromatic rings. The molecule has 0 saturated heterocycles. The zero-order valence-electron chi connectivity index (χ0n) is 4.42. The molecule has 0 aliphatic rings. The third kappa shape index (κ3) is 0.927. The highest BCUT2D eigenvalue weighted by Crippen LogP contribution is 1.88. The van der Waals surface area contributed by atoms with Gasteiger partial charge in [0.05, 0.1) is 0 Å². The summed E-state index contributed by atoms with van der Waals surface area (Å²) in [7, 11) is 0. The molecule has 1 radical (unpaired) electrons. The van der Waals surface area contributed by atoms with Crippen LogP contribution in [0.25, 0.3) is 0 Å². The molecule has 43 valence electrons. The number of anilines is 1. The van der Waals surface area contributed by atoms with Crippen LogP contribution in [-0.4, -0.2) is 20.6 Å². The lowest BCUT2D eigenvalue weighted by molar-refractivity contribution is 0.881. The van der Waals surface area contributed by atoms with E-state index in [1.165, 1.54) is 0 Å². The van der Waals surface area contributed by atoms with E-state index in [-0.39, 0.29) is 0 Å². The van der Waals surface area contributed by atoms with Crippen molar-refractivity contribution in [2.75, 3.05) is 5.32 Å². The Kier molecular flexibility index (Phi) is 1.41. The minimum Gasteiger partial charge on any atom is -0.349 e. The van der Waals surface area contributed by atoms with Crippen LogP contribution in [0.15, 0.2) is 0 Å². The fourth-order valence-corrected chi connectivity index (χ4v) is 0.357. The Morgan fingerprint density at radius 3 is 3.12 bits per heavy atom. The molecule has 1 aromatic heterocycles. The largest absolute Gasteiger partial charge is 0.349 e. The quantitative estimate of drug-likeness (QED) is 0.555. The van der Waals surface area contributed by atoms with Crippen molar-refractivity contribution in [1.29, 1.82) is 0 Å².